The first kappa shape index (κ1) is 10.1. The number of ether oxygens (including phenoxy) is 1. The molecular formula is C11H17NO. The van der Waals surface area contributed by atoms with E-state index in [0.717, 1.165) is 18.8 Å². The molecular weight excluding hydrogens is 162 g/mol. The van der Waals surface area contributed by atoms with E-state index in [-0.39, 0.29) is 0 Å². The Labute approximate surface area is 79.7 Å². The van der Waals surface area contributed by atoms with Crippen LogP contribution in [0.25, 0.3) is 0 Å². The topological polar surface area (TPSA) is 35.2 Å². The molecule has 0 fully saturated rings. The van der Waals surface area contributed by atoms with Gasteiger partial charge in [0.05, 0.1) is 6.61 Å². The van der Waals surface area contributed by atoms with Crippen molar-refractivity contribution >= 4 is 0 Å². The lowest BCUT2D eigenvalue weighted by Gasteiger charge is -2.07. The van der Waals surface area contributed by atoms with E-state index in [2.05, 4.69) is 13.8 Å². The van der Waals surface area contributed by atoms with Crippen LogP contribution in [0.1, 0.15) is 24.5 Å². The van der Waals surface area contributed by atoms with E-state index >= 15 is 0 Å². The Balaban J connectivity index is 2.71. The second-order valence-electron chi connectivity index (χ2n) is 3.14. The smallest absolute Gasteiger partial charge is 0.119 e. The van der Waals surface area contributed by atoms with Crippen LogP contribution in [0.15, 0.2) is 18.2 Å². The van der Waals surface area contributed by atoms with E-state index in [1.165, 1.54) is 11.1 Å². The molecule has 2 N–H and O–H groups in total. The first-order valence-electron chi connectivity index (χ1n) is 4.70. The van der Waals surface area contributed by atoms with E-state index < -0.39 is 0 Å². The van der Waals surface area contributed by atoms with Crippen LogP contribution in [-0.4, -0.2) is 6.61 Å². The zero-order valence-electron chi connectivity index (χ0n) is 8.34. The summed E-state index contributed by atoms with van der Waals surface area (Å²) in [7, 11) is 0. The van der Waals surface area contributed by atoms with Gasteiger partial charge in [-0.2, -0.15) is 0 Å². The van der Waals surface area contributed by atoms with Gasteiger partial charge in [-0.25, -0.2) is 0 Å². The van der Waals surface area contributed by atoms with Gasteiger partial charge in [-0.05, 0) is 36.6 Å². The number of nitrogens with two attached hydrogens (primary N) is 1. The average molecular weight is 179 g/mol. The molecule has 0 aliphatic rings. The van der Waals surface area contributed by atoms with Crippen molar-refractivity contribution in [1.82, 2.24) is 0 Å². The van der Waals surface area contributed by atoms with Gasteiger partial charge in [0.25, 0.3) is 0 Å². The first-order valence-corrected chi connectivity index (χ1v) is 4.70. The summed E-state index contributed by atoms with van der Waals surface area (Å²) in [6, 6.07) is 6.04. The van der Waals surface area contributed by atoms with Gasteiger partial charge >= 0.3 is 0 Å². The summed E-state index contributed by atoms with van der Waals surface area (Å²) in [5.74, 6) is 0.941. The molecule has 0 aromatic heterocycles. The molecule has 0 saturated heterocycles. The largest absolute Gasteiger partial charge is 0.494 e. The van der Waals surface area contributed by atoms with Crippen molar-refractivity contribution in [3.63, 3.8) is 0 Å². The fourth-order valence-electron chi connectivity index (χ4n) is 1.21. The molecule has 0 saturated carbocycles. The van der Waals surface area contributed by atoms with Crippen molar-refractivity contribution in [2.45, 2.75) is 26.8 Å². The fraction of sp³-hybridized carbons (Fsp3) is 0.455. The number of rotatable bonds is 4. The van der Waals surface area contributed by atoms with Gasteiger partial charge < -0.3 is 10.5 Å². The van der Waals surface area contributed by atoms with Gasteiger partial charge in [-0.1, -0.05) is 13.0 Å². The molecule has 2 heteroatoms. The monoisotopic (exact) mass is 179 g/mol. The van der Waals surface area contributed by atoms with Crippen molar-refractivity contribution in [2.24, 2.45) is 5.73 Å². The average Bonchev–Trinajstić information content (AvgIpc) is 2.15. The summed E-state index contributed by atoms with van der Waals surface area (Å²) in [4.78, 5) is 0. The lowest BCUT2D eigenvalue weighted by atomic mass is 10.1. The van der Waals surface area contributed by atoms with Gasteiger partial charge in [-0.15, -0.1) is 0 Å². The van der Waals surface area contributed by atoms with Crippen molar-refractivity contribution in [1.29, 1.82) is 0 Å². The predicted octanol–water partition coefficient (Wildman–Crippen LogP) is 2.24. The van der Waals surface area contributed by atoms with E-state index in [1.807, 2.05) is 18.2 Å². The normalized spacial score (nSPS) is 10.1. The molecule has 0 unspecified atom stereocenters. The minimum Gasteiger partial charge on any atom is -0.494 e. The third-order valence-corrected chi connectivity index (χ3v) is 2.01. The molecule has 72 valence electrons. The number of aryl methyl sites for hydroxylation is 1. The Morgan fingerprint density at radius 3 is 2.69 bits per heavy atom. The summed E-state index contributed by atoms with van der Waals surface area (Å²) in [5, 5.41) is 0. The molecule has 1 aromatic carbocycles. The van der Waals surface area contributed by atoms with E-state index in [1.54, 1.807) is 0 Å². The van der Waals surface area contributed by atoms with Crippen LogP contribution in [0.5, 0.6) is 5.75 Å². The molecule has 0 amide bonds. The molecule has 0 aliphatic carbocycles. The molecule has 1 rings (SSSR count). The minimum absolute atomic E-state index is 0.597. The van der Waals surface area contributed by atoms with Gasteiger partial charge in [0, 0.05) is 6.54 Å². The van der Waals surface area contributed by atoms with Crippen molar-refractivity contribution in [2.75, 3.05) is 6.61 Å². The quantitative estimate of drug-likeness (QED) is 0.769. The Bertz CT molecular complexity index is 271. The maximum Gasteiger partial charge on any atom is 0.119 e. The summed E-state index contributed by atoms with van der Waals surface area (Å²) < 4.78 is 5.49. The predicted molar refractivity (Wildman–Crippen MR) is 54.9 cm³/mol. The first-order chi connectivity index (χ1) is 6.27. The highest BCUT2D eigenvalue weighted by Crippen LogP contribution is 2.16. The minimum atomic E-state index is 0.597. The van der Waals surface area contributed by atoms with Crippen LogP contribution in [-0.2, 0) is 6.54 Å². The van der Waals surface area contributed by atoms with Gasteiger partial charge in [-0.3, -0.25) is 0 Å². The summed E-state index contributed by atoms with van der Waals surface area (Å²) in [6.07, 6.45) is 1.04. The molecule has 0 bridgehead atoms. The molecule has 0 heterocycles. The van der Waals surface area contributed by atoms with E-state index in [0.29, 0.717) is 6.54 Å². The van der Waals surface area contributed by atoms with Crippen molar-refractivity contribution in [3.05, 3.63) is 29.3 Å². The third-order valence-electron chi connectivity index (χ3n) is 2.01. The van der Waals surface area contributed by atoms with E-state index in [4.69, 9.17) is 10.5 Å². The van der Waals surface area contributed by atoms with Gasteiger partial charge in [0.15, 0.2) is 0 Å². The second-order valence-corrected chi connectivity index (χ2v) is 3.14. The zero-order chi connectivity index (χ0) is 9.68. The second kappa shape index (κ2) is 4.87. The van der Waals surface area contributed by atoms with E-state index in [9.17, 15) is 0 Å². The Hall–Kier alpha value is -1.02. The number of hydrogen-bond donors (Lipinski definition) is 1. The van der Waals surface area contributed by atoms with Crippen molar-refractivity contribution in [3.8, 4) is 5.75 Å². The van der Waals surface area contributed by atoms with Crippen LogP contribution >= 0.6 is 0 Å². The zero-order valence-corrected chi connectivity index (χ0v) is 8.34. The molecule has 0 aliphatic heterocycles. The van der Waals surface area contributed by atoms with Crippen LogP contribution in [0.2, 0.25) is 0 Å². The third kappa shape index (κ3) is 2.74. The highest BCUT2D eigenvalue weighted by atomic mass is 16.5. The van der Waals surface area contributed by atoms with Gasteiger partial charge in [0.1, 0.15) is 5.75 Å². The molecule has 0 radical (unpaired) electrons. The van der Waals surface area contributed by atoms with Crippen LogP contribution in [0.3, 0.4) is 0 Å². The summed E-state index contributed by atoms with van der Waals surface area (Å²) in [5.41, 5.74) is 7.95. The molecule has 0 spiro atoms. The van der Waals surface area contributed by atoms with Gasteiger partial charge in [0.2, 0.25) is 0 Å². The number of benzene rings is 1. The SMILES string of the molecule is CCCOc1ccc(CN)c(C)c1. The molecule has 0 atom stereocenters. The summed E-state index contributed by atoms with van der Waals surface area (Å²) >= 11 is 0. The van der Waals surface area contributed by atoms with Crippen LogP contribution < -0.4 is 10.5 Å². The van der Waals surface area contributed by atoms with Crippen molar-refractivity contribution < 1.29 is 4.74 Å². The molecule has 1 aromatic rings. The lowest BCUT2D eigenvalue weighted by molar-refractivity contribution is 0.317. The number of hydrogen-bond acceptors (Lipinski definition) is 2. The van der Waals surface area contributed by atoms with Crippen LogP contribution in [0, 0.1) is 6.92 Å². The lowest BCUT2D eigenvalue weighted by Crippen LogP contribution is -2.00. The Morgan fingerprint density at radius 1 is 1.38 bits per heavy atom. The Morgan fingerprint density at radius 2 is 2.15 bits per heavy atom. The fourth-order valence-corrected chi connectivity index (χ4v) is 1.21. The maximum absolute atomic E-state index is 5.56. The standard InChI is InChI=1S/C11H17NO/c1-3-6-13-11-5-4-10(8-12)9(2)7-11/h4-5,7H,3,6,8,12H2,1-2H3. The Kier molecular flexibility index (Phi) is 3.77. The molecule has 13 heavy (non-hydrogen) atoms. The summed E-state index contributed by atoms with van der Waals surface area (Å²) in [6.45, 7) is 5.53. The molecule has 2 nitrogen and oxygen atoms in total. The van der Waals surface area contributed by atoms with Crippen LogP contribution in [0.4, 0.5) is 0 Å². The maximum atomic E-state index is 5.56. The highest BCUT2D eigenvalue weighted by molar-refractivity contribution is 5.34. The highest BCUT2D eigenvalue weighted by Gasteiger charge is 1.98.